The average Bonchev–Trinajstić information content (AvgIpc) is 2.95. The van der Waals surface area contributed by atoms with Crippen LogP contribution in [0.5, 0.6) is 5.75 Å². The highest BCUT2D eigenvalue weighted by Crippen LogP contribution is 2.31. The molecule has 25 heavy (non-hydrogen) atoms. The van der Waals surface area contributed by atoms with E-state index in [9.17, 15) is 9.90 Å². The van der Waals surface area contributed by atoms with Crippen LogP contribution in [0.3, 0.4) is 0 Å². The molecule has 0 fully saturated rings. The zero-order valence-electron chi connectivity index (χ0n) is 14.5. The first-order valence-electron chi connectivity index (χ1n) is 8.59. The van der Waals surface area contributed by atoms with E-state index in [1.54, 1.807) is 7.11 Å². The number of hydrogen-bond acceptors (Lipinski definition) is 3. The van der Waals surface area contributed by atoms with Gasteiger partial charge in [0.25, 0.3) is 0 Å². The van der Waals surface area contributed by atoms with Gasteiger partial charge in [-0.25, -0.2) is 4.79 Å². The lowest BCUT2D eigenvalue weighted by molar-refractivity contribution is 0.141. The lowest BCUT2D eigenvalue weighted by Crippen LogP contribution is -2.42. The van der Waals surface area contributed by atoms with Crippen molar-refractivity contribution in [1.82, 2.24) is 10.6 Å². The summed E-state index contributed by atoms with van der Waals surface area (Å²) in [6, 6.07) is 14.7. The molecule has 2 amide bonds. The van der Waals surface area contributed by atoms with Crippen molar-refractivity contribution in [2.24, 2.45) is 0 Å². The Morgan fingerprint density at radius 1 is 1.24 bits per heavy atom. The molecule has 0 aromatic heterocycles. The van der Waals surface area contributed by atoms with Crippen molar-refractivity contribution in [2.75, 3.05) is 7.11 Å². The van der Waals surface area contributed by atoms with Crippen LogP contribution in [0.4, 0.5) is 4.79 Å². The molecule has 0 saturated carbocycles. The highest BCUT2D eigenvalue weighted by molar-refractivity contribution is 5.75. The molecule has 3 unspecified atom stereocenters. The molecule has 3 atom stereocenters. The molecule has 1 aliphatic rings. The van der Waals surface area contributed by atoms with Crippen molar-refractivity contribution in [3.05, 3.63) is 65.2 Å². The molecular weight excluding hydrogens is 316 g/mol. The van der Waals surface area contributed by atoms with Gasteiger partial charge in [-0.1, -0.05) is 43.3 Å². The number of rotatable bonds is 5. The smallest absolute Gasteiger partial charge is 0.315 e. The van der Waals surface area contributed by atoms with Gasteiger partial charge in [-0.05, 0) is 35.2 Å². The number of carbonyl (C=O) groups excluding carboxylic acids is 1. The summed E-state index contributed by atoms with van der Waals surface area (Å²) in [5.41, 5.74) is 3.09. The largest absolute Gasteiger partial charge is 0.497 e. The molecule has 0 aliphatic heterocycles. The van der Waals surface area contributed by atoms with Crippen LogP contribution in [0.2, 0.25) is 0 Å². The Morgan fingerprint density at radius 3 is 2.64 bits per heavy atom. The van der Waals surface area contributed by atoms with E-state index in [1.165, 1.54) is 0 Å². The van der Waals surface area contributed by atoms with Crippen molar-refractivity contribution in [3.63, 3.8) is 0 Å². The van der Waals surface area contributed by atoms with Crippen LogP contribution in [0.1, 0.15) is 42.1 Å². The van der Waals surface area contributed by atoms with Crippen molar-refractivity contribution >= 4 is 6.03 Å². The third-order valence-corrected chi connectivity index (χ3v) is 4.72. The van der Waals surface area contributed by atoms with Gasteiger partial charge in [0.2, 0.25) is 0 Å². The number of nitrogens with one attached hydrogen (secondary N) is 2. The first-order valence-corrected chi connectivity index (χ1v) is 8.59. The van der Waals surface area contributed by atoms with E-state index >= 15 is 0 Å². The molecule has 5 nitrogen and oxygen atoms in total. The normalized spacial score (nSPS) is 19.8. The molecule has 3 rings (SSSR count). The summed E-state index contributed by atoms with van der Waals surface area (Å²) in [6.07, 6.45) is 0.740. The number of urea groups is 1. The van der Waals surface area contributed by atoms with Crippen LogP contribution in [0, 0.1) is 0 Å². The molecule has 5 heteroatoms. The van der Waals surface area contributed by atoms with Gasteiger partial charge in [0, 0.05) is 6.42 Å². The third-order valence-electron chi connectivity index (χ3n) is 4.72. The Labute approximate surface area is 148 Å². The number of aliphatic hydroxyl groups excluding tert-OH is 1. The standard InChI is InChI=1S/C20H24N2O3/c1-3-17(13-8-10-15(25-2)11-9-13)21-20(24)22-19-16-7-5-4-6-14(16)12-18(19)23/h4-11,17-19,23H,3,12H2,1-2H3,(H2,21,22,24). The number of hydrogen-bond donors (Lipinski definition) is 3. The lowest BCUT2D eigenvalue weighted by Gasteiger charge is -2.22. The first-order chi connectivity index (χ1) is 12.1. The molecule has 0 heterocycles. The van der Waals surface area contributed by atoms with E-state index in [0.29, 0.717) is 6.42 Å². The Kier molecular flexibility index (Phi) is 5.24. The quantitative estimate of drug-likeness (QED) is 0.783. The first kappa shape index (κ1) is 17.3. The van der Waals surface area contributed by atoms with Gasteiger partial charge in [-0.2, -0.15) is 0 Å². The molecule has 0 bridgehead atoms. The van der Waals surface area contributed by atoms with Crippen LogP contribution in [0.25, 0.3) is 0 Å². The molecule has 2 aromatic rings. The van der Waals surface area contributed by atoms with Crippen LogP contribution < -0.4 is 15.4 Å². The van der Waals surface area contributed by atoms with Crippen molar-refractivity contribution in [2.45, 2.75) is 38.0 Å². The summed E-state index contributed by atoms with van der Waals surface area (Å²) < 4.78 is 5.17. The molecule has 132 valence electrons. The summed E-state index contributed by atoms with van der Waals surface area (Å²) in [6.45, 7) is 2.02. The minimum atomic E-state index is -0.593. The summed E-state index contributed by atoms with van der Waals surface area (Å²) in [7, 11) is 1.63. The zero-order valence-corrected chi connectivity index (χ0v) is 14.5. The highest BCUT2D eigenvalue weighted by atomic mass is 16.5. The monoisotopic (exact) mass is 340 g/mol. The van der Waals surface area contributed by atoms with E-state index in [2.05, 4.69) is 10.6 Å². The van der Waals surface area contributed by atoms with Crippen molar-refractivity contribution in [1.29, 1.82) is 0 Å². The fraction of sp³-hybridized carbons (Fsp3) is 0.350. The number of fused-ring (bicyclic) bond motifs is 1. The molecule has 3 N–H and O–H groups in total. The van der Waals surface area contributed by atoms with Gasteiger partial charge >= 0.3 is 6.03 Å². The maximum absolute atomic E-state index is 12.5. The maximum Gasteiger partial charge on any atom is 0.315 e. The van der Waals surface area contributed by atoms with Crippen molar-refractivity contribution < 1.29 is 14.6 Å². The van der Waals surface area contributed by atoms with Gasteiger partial charge < -0.3 is 20.5 Å². The maximum atomic E-state index is 12.5. The Bertz CT molecular complexity index is 730. The van der Waals surface area contributed by atoms with Crippen LogP contribution in [-0.2, 0) is 6.42 Å². The molecule has 0 radical (unpaired) electrons. The number of methoxy groups -OCH3 is 1. The summed E-state index contributed by atoms with van der Waals surface area (Å²) in [5, 5.41) is 16.2. The van der Waals surface area contributed by atoms with E-state index in [-0.39, 0.29) is 18.1 Å². The minimum absolute atomic E-state index is 0.0975. The zero-order chi connectivity index (χ0) is 17.8. The topological polar surface area (TPSA) is 70.6 Å². The van der Waals surface area contributed by atoms with Crippen molar-refractivity contribution in [3.8, 4) is 5.75 Å². The van der Waals surface area contributed by atoms with E-state index in [0.717, 1.165) is 28.9 Å². The van der Waals surface area contributed by atoms with Gasteiger partial charge in [0.15, 0.2) is 0 Å². The molecule has 0 spiro atoms. The fourth-order valence-corrected chi connectivity index (χ4v) is 3.35. The molecule has 2 aromatic carbocycles. The number of ether oxygens (including phenoxy) is 1. The van der Waals surface area contributed by atoms with Gasteiger partial charge in [0.05, 0.1) is 25.3 Å². The Morgan fingerprint density at radius 2 is 1.96 bits per heavy atom. The molecule has 0 saturated heterocycles. The average molecular weight is 340 g/mol. The van der Waals surface area contributed by atoms with Crippen LogP contribution in [0.15, 0.2) is 48.5 Å². The number of benzene rings is 2. The number of carbonyl (C=O) groups is 1. The Hall–Kier alpha value is -2.53. The van der Waals surface area contributed by atoms with E-state index in [4.69, 9.17) is 4.74 Å². The second-order valence-corrected chi connectivity index (χ2v) is 6.30. The summed E-state index contributed by atoms with van der Waals surface area (Å²) in [5.74, 6) is 0.786. The Balaban J connectivity index is 1.66. The number of aliphatic hydroxyl groups is 1. The second-order valence-electron chi connectivity index (χ2n) is 6.30. The molecular formula is C20H24N2O3. The third kappa shape index (κ3) is 3.77. The van der Waals surface area contributed by atoms with Crippen LogP contribution >= 0.6 is 0 Å². The summed E-state index contributed by atoms with van der Waals surface area (Å²) >= 11 is 0. The molecule has 1 aliphatic carbocycles. The van der Waals surface area contributed by atoms with Gasteiger partial charge in [-0.3, -0.25) is 0 Å². The fourth-order valence-electron chi connectivity index (χ4n) is 3.35. The minimum Gasteiger partial charge on any atom is -0.497 e. The summed E-state index contributed by atoms with van der Waals surface area (Å²) in [4.78, 5) is 12.5. The van der Waals surface area contributed by atoms with Crippen LogP contribution in [-0.4, -0.2) is 24.4 Å². The van der Waals surface area contributed by atoms with Gasteiger partial charge in [0.1, 0.15) is 5.75 Å². The van der Waals surface area contributed by atoms with E-state index in [1.807, 2.05) is 55.5 Å². The predicted octanol–water partition coefficient (Wildman–Crippen LogP) is 3.10. The number of amides is 2. The predicted molar refractivity (Wildman–Crippen MR) is 96.6 cm³/mol. The second kappa shape index (κ2) is 7.57. The van der Waals surface area contributed by atoms with Gasteiger partial charge in [-0.15, -0.1) is 0 Å². The lowest BCUT2D eigenvalue weighted by atomic mass is 10.0. The van der Waals surface area contributed by atoms with E-state index < -0.39 is 6.10 Å². The SMILES string of the molecule is CCC(NC(=O)NC1c2ccccc2CC1O)c1ccc(OC)cc1. The highest BCUT2D eigenvalue weighted by Gasteiger charge is 2.32.